The molecule has 2 aliphatic rings. The zero-order chi connectivity index (χ0) is 26.8. The third kappa shape index (κ3) is 6.22. The van der Waals surface area contributed by atoms with Crippen LogP contribution in [0, 0.1) is 11.3 Å². The summed E-state index contributed by atoms with van der Waals surface area (Å²) in [4.78, 5) is 24.0. The van der Waals surface area contributed by atoms with Crippen molar-refractivity contribution >= 4 is 29.6 Å². The highest BCUT2D eigenvalue weighted by molar-refractivity contribution is 6.01. The van der Waals surface area contributed by atoms with Gasteiger partial charge in [-0.15, -0.1) is 0 Å². The molecule has 0 amide bonds. The minimum Gasteiger partial charge on any atom is -0.351 e. The molecule has 0 spiro atoms. The van der Waals surface area contributed by atoms with E-state index in [1.165, 1.54) is 19.3 Å². The molecule has 4 rings (SSSR count). The highest BCUT2D eigenvalue weighted by Gasteiger charge is 2.46. The Kier molecular flexibility index (Phi) is 6.90. The van der Waals surface area contributed by atoms with Gasteiger partial charge < -0.3 is 10.6 Å². The lowest BCUT2D eigenvalue weighted by atomic mass is 10.0. The summed E-state index contributed by atoms with van der Waals surface area (Å²) in [5.74, 6) is -3.92. The van der Waals surface area contributed by atoms with E-state index in [9.17, 15) is 27.2 Å². The lowest BCUT2D eigenvalue weighted by Gasteiger charge is -2.15. The van der Waals surface area contributed by atoms with E-state index in [0.717, 1.165) is 0 Å². The molecule has 1 unspecified atom stereocenters. The van der Waals surface area contributed by atoms with Crippen LogP contribution < -0.4 is 10.6 Å². The summed E-state index contributed by atoms with van der Waals surface area (Å²) in [5, 5.41) is 15.2. The van der Waals surface area contributed by atoms with E-state index in [2.05, 4.69) is 53.2 Å². The van der Waals surface area contributed by atoms with Crippen molar-refractivity contribution in [2.45, 2.75) is 62.6 Å². The summed E-state index contributed by atoms with van der Waals surface area (Å²) in [7, 11) is 0. The molecular formula is C23H22F5N9. The molecule has 2 aliphatic carbocycles. The van der Waals surface area contributed by atoms with Gasteiger partial charge in [0.2, 0.25) is 23.6 Å². The summed E-state index contributed by atoms with van der Waals surface area (Å²) >= 11 is 0. The van der Waals surface area contributed by atoms with Crippen LogP contribution in [0.5, 0.6) is 0 Å². The second-order valence-corrected chi connectivity index (χ2v) is 8.76. The Bertz CT molecular complexity index is 1290. The average molecular weight is 519 g/mol. The van der Waals surface area contributed by atoms with E-state index in [0.29, 0.717) is 24.2 Å². The van der Waals surface area contributed by atoms with E-state index in [-0.39, 0.29) is 30.6 Å². The van der Waals surface area contributed by atoms with Gasteiger partial charge in [0.15, 0.2) is 5.84 Å². The minimum atomic E-state index is -4.81. The molecule has 2 aromatic rings. The van der Waals surface area contributed by atoms with Crippen LogP contribution in [0.2, 0.25) is 0 Å². The number of rotatable bonds is 7. The van der Waals surface area contributed by atoms with E-state index >= 15 is 0 Å². The molecule has 37 heavy (non-hydrogen) atoms. The topological polar surface area (TPSA) is 124 Å². The van der Waals surface area contributed by atoms with Crippen LogP contribution in [-0.4, -0.2) is 50.1 Å². The Hall–Kier alpha value is -4.02. The molecule has 2 N–H and O–H groups in total. The number of anilines is 3. The van der Waals surface area contributed by atoms with Gasteiger partial charge in [-0.05, 0) is 38.3 Å². The van der Waals surface area contributed by atoms with Crippen LogP contribution in [-0.2, 0) is 5.41 Å². The first-order valence-corrected chi connectivity index (χ1v) is 11.3. The number of nitrogens with one attached hydrogen (secondary N) is 2. The molecule has 0 bridgehead atoms. The van der Waals surface area contributed by atoms with Crippen LogP contribution in [0.1, 0.15) is 50.5 Å². The van der Waals surface area contributed by atoms with E-state index in [1.54, 1.807) is 12.1 Å². The maximum absolute atomic E-state index is 13.7. The highest BCUT2D eigenvalue weighted by Crippen LogP contribution is 2.47. The molecule has 0 aliphatic heterocycles. The molecule has 0 aromatic carbocycles. The number of hydrogen-bond donors (Lipinski definition) is 2. The first kappa shape index (κ1) is 26.1. The van der Waals surface area contributed by atoms with Crippen molar-refractivity contribution in [1.29, 1.82) is 5.26 Å². The average Bonchev–Trinajstić information content (AvgIpc) is 3.56. The third-order valence-electron chi connectivity index (χ3n) is 5.86. The number of halogens is 5. The number of amidine groups is 1. The van der Waals surface area contributed by atoms with Gasteiger partial charge in [0, 0.05) is 37.0 Å². The fourth-order valence-electron chi connectivity index (χ4n) is 3.75. The zero-order valence-electron chi connectivity index (χ0n) is 19.6. The molecule has 9 nitrogen and oxygen atoms in total. The van der Waals surface area contributed by atoms with Gasteiger partial charge in [-0.25, -0.2) is 18.8 Å². The van der Waals surface area contributed by atoms with Gasteiger partial charge >= 0.3 is 6.18 Å². The summed E-state index contributed by atoms with van der Waals surface area (Å²) in [6, 6.07) is 4.83. The number of nitriles is 1. The number of allylic oxidation sites excluding steroid dienone is 1. The predicted octanol–water partition coefficient (Wildman–Crippen LogP) is 5.08. The summed E-state index contributed by atoms with van der Waals surface area (Å²) in [6.07, 6.45) is -1.37. The Morgan fingerprint density at radius 2 is 1.95 bits per heavy atom. The molecule has 0 radical (unpaired) electrons. The zero-order valence-corrected chi connectivity index (χ0v) is 19.6. The second-order valence-electron chi connectivity index (χ2n) is 8.76. The van der Waals surface area contributed by atoms with Crippen LogP contribution in [0.4, 0.5) is 39.5 Å². The predicted molar refractivity (Wildman–Crippen MR) is 126 cm³/mol. The van der Waals surface area contributed by atoms with Gasteiger partial charge in [-0.2, -0.15) is 33.4 Å². The van der Waals surface area contributed by atoms with E-state index in [1.807, 2.05) is 0 Å². The van der Waals surface area contributed by atoms with Crippen molar-refractivity contribution in [2.75, 3.05) is 10.6 Å². The number of pyridine rings is 1. The van der Waals surface area contributed by atoms with Gasteiger partial charge in [0.1, 0.15) is 5.70 Å². The summed E-state index contributed by atoms with van der Waals surface area (Å²) in [6.45, 7) is 4.39. The van der Waals surface area contributed by atoms with Crippen molar-refractivity contribution in [2.24, 2.45) is 9.98 Å². The second kappa shape index (κ2) is 9.79. The van der Waals surface area contributed by atoms with Gasteiger partial charge in [0.05, 0.1) is 17.2 Å². The van der Waals surface area contributed by atoms with Crippen LogP contribution >= 0.6 is 0 Å². The minimum absolute atomic E-state index is 0.104. The van der Waals surface area contributed by atoms with Crippen LogP contribution in [0.25, 0.3) is 0 Å². The quantitative estimate of drug-likeness (QED) is 0.297. The van der Waals surface area contributed by atoms with Crippen LogP contribution in [0.3, 0.4) is 0 Å². The summed E-state index contributed by atoms with van der Waals surface area (Å²) in [5.41, 5.74) is -1.06. The van der Waals surface area contributed by atoms with Gasteiger partial charge in [-0.1, -0.05) is 6.58 Å². The molecule has 2 saturated carbocycles. The van der Waals surface area contributed by atoms with Gasteiger partial charge in [0.25, 0.3) is 0 Å². The fraction of sp³-hybridized carbons (Fsp3) is 0.435. The van der Waals surface area contributed by atoms with Gasteiger partial charge in [-0.3, -0.25) is 4.98 Å². The van der Waals surface area contributed by atoms with Crippen LogP contribution in [0.15, 0.2) is 40.6 Å². The molecule has 14 heteroatoms. The standard InChI is InChI=1S/C23H22F5N9/c1-3-30-17(32-13(2)23(26,27)28)18-35-19(37-20(36-18)34-15-4-6-22(24,25)11-15)33-14-5-9-31-16(10-14)21(12-29)7-8-21/h3,5,9-10,15H,2,4,6-8,11H2,1H3,(H2,31,33,34,35,36,37)/b30-3-,32-17-. The number of aromatic nitrogens is 4. The molecular weight excluding hydrogens is 497 g/mol. The van der Waals surface area contributed by atoms with Crippen molar-refractivity contribution in [3.63, 3.8) is 0 Å². The molecule has 2 fully saturated rings. The van der Waals surface area contributed by atoms with Crippen molar-refractivity contribution < 1.29 is 22.0 Å². The highest BCUT2D eigenvalue weighted by atomic mass is 19.4. The first-order valence-electron chi connectivity index (χ1n) is 11.3. The largest absolute Gasteiger partial charge is 0.432 e. The fourth-order valence-corrected chi connectivity index (χ4v) is 3.75. The lowest BCUT2D eigenvalue weighted by molar-refractivity contribution is -0.0919. The SMILES string of the molecule is C=C(/N=C(\N=C/C)c1nc(Nc2ccnc(C3(C#N)CC3)c2)nc(NC2CCC(F)(F)C2)n1)C(F)(F)F. The van der Waals surface area contributed by atoms with Crippen molar-refractivity contribution in [1.82, 2.24) is 19.9 Å². The number of aliphatic imine (C=N–C) groups is 2. The number of alkyl halides is 5. The van der Waals surface area contributed by atoms with E-state index < -0.39 is 41.5 Å². The molecule has 194 valence electrons. The molecule has 2 heterocycles. The Morgan fingerprint density at radius 1 is 1.22 bits per heavy atom. The first-order chi connectivity index (χ1) is 17.4. The smallest absolute Gasteiger partial charge is 0.351 e. The normalized spacial score (nSPS) is 20.5. The van der Waals surface area contributed by atoms with Crippen molar-refractivity contribution in [3.05, 3.63) is 42.1 Å². The monoisotopic (exact) mass is 519 g/mol. The molecule has 0 saturated heterocycles. The molecule has 1 atom stereocenters. The maximum Gasteiger partial charge on any atom is 0.432 e. The Morgan fingerprint density at radius 3 is 2.54 bits per heavy atom. The Balaban J connectivity index is 1.71. The van der Waals surface area contributed by atoms with Crippen molar-refractivity contribution in [3.8, 4) is 6.07 Å². The lowest BCUT2D eigenvalue weighted by Crippen LogP contribution is -2.22. The van der Waals surface area contributed by atoms with E-state index in [4.69, 9.17) is 0 Å². The Labute approximate surface area is 208 Å². The summed E-state index contributed by atoms with van der Waals surface area (Å²) < 4.78 is 66.7. The maximum atomic E-state index is 13.7. The number of nitrogens with zero attached hydrogens (tertiary/aromatic N) is 7. The number of hydrogen-bond acceptors (Lipinski definition) is 8. The third-order valence-corrected chi connectivity index (χ3v) is 5.86. The molecule has 2 aromatic heterocycles.